The first-order chi connectivity index (χ1) is 17.0. The van der Waals surface area contributed by atoms with Crippen LogP contribution >= 0.6 is 0 Å². The minimum atomic E-state index is -0.0683. The van der Waals surface area contributed by atoms with Gasteiger partial charge in [-0.2, -0.15) is 4.98 Å². The van der Waals surface area contributed by atoms with Gasteiger partial charge in [0.05, 0.1) is 12.6 Å². The monoisotopic (exact) mass is 472 g/mol. The van der Waals surface area contributed by atoms with Gasteiger partial charge in [0.1, 0.15) is 17.3 Å². The van der Waals surface area contributed by atoms with Crippen molar-refractivity contribution in [2.24, 2.45) is 5.92 Å². The first-order valence-corrected chi connectivity index (χ1v) is 12.2. The van der Waals surface area contributed by atoms with E-state index in [1.807, 2.05) is 61.5 Å². The number of hydrogen-bond donors (Lipinski definition) is 3. The number of carbonyl (C=O) groups is 1. The lowest BCUT2D eigenvalue weighted by atomic mass is 9.86. The number of nitrogens with one attached hydrogen (secondary N) is 3. The maximum absolute atomic E-state index is 12.7. The maximum atomic E-state index is 12.7. The van der Waals surface area contributed by atoms with Crippen molar-refractivity contribution in [3.05, 3.63) is 54.2 Å². The number of rotatable bonds is 7. The highest BCUT2D eigenvalue weighted by molar-refractivity contribution is 5.98. The zero-order chi connectivity index (χ0) is 24.4. The Morgan fingerprint density at radius 2 is 1.89 bits per heavy atom. The van der Waals surface area contributed by atoms with Crippen LogP contribution in [0.4, 0.5) is 11.8 Å². The number of carbonyl (C=O) groups excluding carboxylic acids is 1. The van der Waals surface area contributed by atoms with Crippen molar-refractivity contribution >= 4 is 39.5 Å². The lowest BCUT2D eigenvalue weighted by molar-refractivity contribution is 0.0939. The molecule has 2 heterocycles. The van der Waals surface area contributed by atoms with E-state index in [0.29, 0.717) is 30.1 Å². The number of aromatic nitrogens is 3. The fourth-order valence-corrected chi connectivity index (χ4v) is 4.85. The zero-order valence-electron chi connectivity index (χ0n) is 20.5. The van der Waals surface area contributed by atoms with Crippen LogP contribution in [-0.2, 0) is 0 Å². The van der Waals surface area contributed by atoms with E-state index in [-0.39, 0.29) is 5.91 Å². The van der Waals surface area contributed by atoms with Crippen molar-refractivity contribution in [3.8, 4) is 5.75 Å². The van der Waals surface area contributed by atoms with E-state index >= 15 is 0 Å². The van der Waals surface area contributed by atoms with Gasteiger partial charge in [0.2, 0.25) is 5.95 Å². The zero-order valence-corrected chi connectivity index (χ0v) is 20.5. The smallest absolute Gasteiger partial charge is 0.267 e. The van der Waals surface area contributed by atoms with Gasteiger partial charge < -0.3 is 25.3 Å². The molecule has 1 saturated carbocycles. The van der Waals surface area contributed by atoms with E-state index in [9.17, 15) is 4.79 Å². The van der Waals surface area contributed by atoms with Gasteiger partial charge in [0.25, 0.3) is 5.91 Å². The summed E-state index contributed by atoms with van der Waals surface area (Å²) in [6, 6.07) is 16.1. The molecular formula is C27H32N6O2. The number of ether oxygens (including phenoxy) is 1. The Morgan fingerprint density at radius 3 is 2.66 bits per heavy atom. The fraction of sp³-hybridized carbons (Fsp3) is 0.370. The van der Waals surface area contributed by atoms with Crippen molar-refractivity contribution in [2.45, 2.75) is 31.7 Å². The summed E-state index contributed by atoms with van der Waals surface area (Å²) in [5.41, 5.74) is 2.45. The highest BCUT2D eigenvalue weighted by Crippen LogP contribution is 2.28. The maximum Gasteiger partial charge on any atom is 0.267 e. The highest BCUT2D eigenvalue weighted by Gasteiger charge is 2.23. The summed E-state index contributed by atoms with van der Waals surface area (Å²) in [7, 11) is 5.65. The van der Waals surface area contributed by atoms with Crippen LogP contribution in [0, 0.1) is 5.92 Å². The van der Waals surface area contributed by atoms with Gasteiger partial charge >= 0.3 is 0 Å². The van der Waals surface area contributed by atoms with Gasteiger partial charge in [-0.15, -0.1) is 0 Å². The molecule has 2 aromatic heterocycles. The highest BCUT2D eigenvalue weighted by atomic mass is 16.5. The van der Waals surface area contributed by atoms with E-state index in [4.69, 9.17) is 14.7 Å². The molecule has 0 bridgehead atoms. The molecule has 0 spiro atoms. The molecule has 1 aliphatic carbocycles. The van der Waals surface area contributed by atoms with E-state index in [1.165, 1.54) is 0 Å². The summed E-state index contributed by atoms with van der Waals surface area (Å²) >= 11 is 0. The molecule has 8 nitrogen and oxygen atoms in total. The molecule has 35 heavy (non-hydrogen) atoms. The van der Waals surface area contributed by atoms with Crippen LogP contribution in [-0.4, -0.2) is 54.7 Å². The largest absolute Gasteiger partial charge is 0.497 e. The number of fused-ring (bicyclic) bond motifs is 2. The molecule has 8 heteroatoms. The first-order valence-electron chi connectivity index (χ1n) is 12.2. The molecule has 0 unspecified atom stereocenters. The summed E-state index contributed by atoms with van der Waals surface area (Å²) in [5, 5.41) is 8.68. The number of para-hydroxylation sites is 1. The molecule has 0 aliphatic heterocycles. The molecule has 182 valence electrons. The number of anilines is 2. The summed E-state index contributed by atoms with van der Waals surface area (Å²) in [4.78, 5) is 27.4. The third-order valence-corrected chi connectivity index (χ3v) is 6.81. The third-order valence-electron chi connectivity index (χ3n) is 6.81. The molecular weight excluding hydrogens is 440 g/mol. The van der Waals surface area contributed by atoms with E-state index in [2.05, 4.69) is 21.7 Å². The van der Waals surface area contributed by atoms with E-state index in [0.717, 1.165) is 59.1 Å². The number of methoxy groups -OCH3 is 1. The Kier molecular flexibility index (Phi) is 6.44. The van der Waals surface area contributed by atoms with Gasteiger partial charge in [-0.25, -0.2) is 4.98 Å². The molecule has 0 saturated heterocycles. The normalized spacial score (nSPS) is 17.9. The van der Waals surface area contributed by atoms with Crippen molar-refractivity contribution in [1.29, 1.82) is 0 Å². The Bertz CT molecular complexity index is 1340. The minimum Gasteiger partial charge on any atom is -0.497 e. The predicted molar refractivity (Wildman–Crippen MR) is 140 cm³/mol. The number of aromatic amines is 1. The van der Waals surface area contributed by atoms with Crippen molar-refractivity contribution in [2.75, 3.05) is 38.0 Å². The molecule has 4 aromatic rings. The Labute approximate surface area is 205 Å². The molecule has 1 amide bonds. The second-order valence-electron chi connectivity index (χ2n) is 9.49. The molecule has 3 N–H and O–H groups in total. The Hall–Kier alpha value is -3.81. The van der Waals surface area contributed by atoms with Gasteiger partial charge in [0.15, 0.2) is 0 Å². The van der Waals surface area contributed by atoms with Gasteiger partial charge in [-0.05, 0) is 68.0 Å². The van der Waals surface area contributed by atoms with Crippen LogP contribution in [0.15, 0.2) is 48.5 Å². The van der Waals surface area contributed by atoms with Gasteiger partial charge in [-0.1, -0.05) is 12.1 Å². The number of amides is 1. The number of benzene rings is 2. The van der Waals surface area contributed by atoms with Crippen molar-refractivity contribution in [3.63, 3.8) is 0 Å². The van der Waals surface area contributed by atoms with Crippen LogP contribution in [0.1, 0.15) is 36.2 Å². The predicted octanol–water partition coefficient (Wildman–Crippen LogP) is 4.59. The summed E-state index contributed by atoms with van der Waals surface area (Å²) in [5.74, 6) is 2.78. The van der Waals surface area contributed by atoms with Crippen molar-refractivity contribution in [1.82, 2.24) is 20.3 Å². The van der Waals surface area contributed by atoms with Gasteiger partial charge in [-0.3, -0.25) is 4.79 Å². The number of hydrogen-bond acceptors (Lipinski definition) is 6. The lowest BCUT2D eigenvalue weighted by Crippen LogP contribution is -2.34. The fourth-order valence-electron chi connectivity index (χ4n) is 4.85. The van der Waals surface area contributed by atoms with E-state index in [1.54, 1.807) is 7.11 Å². The molecule has 5 rings (SSSR count). The SMILES string of the molecule is COc1ccc2[nH]c(C(=O)NC[C@H]3CC[C@@H](Nc4nc(N(C)C)c5ccccc5n4)CC3)cc2c1. The molecule has 0 atom stereocenters. The second-order valence-corrected chi connectivity index (χ2v) is 9.49. The van der Waals surface area contributed by atoms with Gasteiger partial charge in [0, 0.05) is 43.0 Å². The lowest BCUT2D eigenvalue weighted by Gasteiger charge is -2.29. The summed E-state index contributed by atoms with van der Waals surface area (Å²) in [6.07, 6.45) is 4.16. The standard InChI is InChI=1S/C27H32N6O2/c1-33(2)25-21-6-4-5-7-23(21)31-27(32-25)29-19-10-8-17(9-11-19)16-28-26(34)24-15-18-14-20(35-3)12-13-22(18)30-24/h4-7,12-15,17,19,30H,8-11,16H2,1-3H3,(H,28,34)(H,29,31,32)/t17-,19+. The Balaban J connectivity index is 1.15. The van der Waals surface area contributed by atoms with Crippen molar-refractivity contribution < 1.29 is 9.53 Å². The second kappa shape index (κ2) is 9.82. The topological polar surface area (TPSA) is 95.2 Å². The summed E-state index contributed by atoms with van der Waals surface area (Å²) < 4.78 is 5.27. The van der Waals surface area contributed by atoms with Crippen LogP contribution in [0.5, 0.6) is 5.75 Å². The van der Waals surface area contributed by atoms with Crippen LogP contribution in [0.25, 0.3) is 21.8 Å². The first kappa shape index (κ1) is 23.0. The average molecular weight is 473 g/mol. The van der Waals surface area contributed by atoms with Crippen LogP contribution < -0.4 is 20.3 Å². The molecule has 0 radical (unpaired) electrons. The molecule has 2 aromatic carbocycles. The minimum absolute atomic E-state index is 0.0683. The average Bonchev–Trinajstić information content (AvgIpc) is 3.31. The molecule has 1 fully saturated rings. The number of nitrogens with zero attached hydrogens (tertiary/aromatic N) is 3. The van der Waals surface area contributed by atoms with Crippen LogP contribution in [0.2, 0.25) is 0 Å². The summed E-state index contributed by atoms with van der Waals surface area (Å²) in [6.45, 7) is 0.682. The van der Waals surface area contributed by atoms with Crippen LogP contribution in [0.3, 0.4) is 0 Å². The molecule has 1 aliphatic rings. The number of H-pyrrole nitrogens is 1. The van der Waals surface area contributed by atoms with E-state index < -0.39 is 0 Å². The quantitative estimate of drug-likeness (QED) is 0.364. The Morgan fingerprint density at radius 1 is 1.09 bits per heavy atom. The third kappa shape index (κ3) is 5.01.